The first kappa shape index (κ1) is 18.3. The van der Waals surface area contributed by atoms with Gasteiger partial charge in [0.25, 0.3) is 5.91 Å². The van der Waals surface area contributed by atoms with Gasteiger partial charge in [-0.1, -0.05) is 42.5 Å². The monoisotopic (exact) mass is 355 g/mol. The number of hydrogen-bond donors (Lipinski definition) is 0. The molecule has 1 aliphatic rings. The van der Waals surface area contributed by atoms with Gasteiger partial charge < -0.3 is 19.1 Å². The standard InChI is InChI=1S/C21H25NO4/c1-21(2)15-26-19(16-9-5-4-6-10-16)13-22(21)20(23)14-25-18-12-8-7-11-17(18)24-3/h4-12,19H,13-15H2,1-3H3. The average Bonchev–Trinajstić information content (AvgIpc) is 2.66. The van der Waals surface area contributed by atoms with Crippen LogP contribution >= 0.6 is 0 Å². The van der Waals surface area contributed by atoms with E-state index in [0.29, 0.717) is 24.7 Å². The van der Waals surface area contributed by atoms with E-state index < -0.39 is 0 Å². The van der Waals surface area contributed by atoms with Crippen LogP contribution < -0.4 is 9.47 Å². The van der Waals surface area contributed by atoms with E-state index >= 15 is 0 Å². The van der Waals surface area contributed by atoms with Crippen molar-refractivity contribution in [1.29, 1.82) is 0 Å². The van der Waals surface area contributed by atoms with Crippen molar-refractivity contribution in [2.75, 3.05) is 26.9 Å². The number of nitrogens with zero attached hydrogens (tertiary/aromatic N) is 1. The highest BCUT2D eigenvalue weighted by Crippen LogP contribution is 2.31. The smallest absolute Gasteiger partial charge is 0.261 e. The Kier molecular flexibility index (Phi) is 5.47. The van der Waals surface area contributed by atoms with E-state index in [1.54, 1.807) is 13.2 Å². The van der Waals surface area contributed by atoms with Crippen molar-refractivity contribution in [2.24, 2.45) is 0 Å². The summed E-state index contributed by atoms with van der Waals surface area (Å²) >= 11 is 0. The molecule has 1 unspecified atom stereocenters. The lowest BCUT2D eigenvalue weighted by atomic mass is 9.98. The van der Waals surface area contributed by atoms with E-state index in [-0.39, 0.29) is 24.2 Å². The van der Waals surface area contributed by atoms with E-state index in [1.165, 1.54) is 0 Å². The van der Waals surface area contributed by atoms with Crippen molar-refractivity contribution < 1.29 is 19.0 Å². The minimum Gasteiger partial charge on any atom is -0.493 e. The Labute approximate surface area is 154 Å². The van der Waals surface area contributed by atoms with Gasteiger partial charge in [0, 0.05) is 0 Å². The minimum atomic E-state index is -0.382. The first-order chi connectivity index (χ1) is 12.5. The normalized spacial score (nSPS) is 19.0. The number of ether oxygens (including phenoxy) is 3. The van der Waals surface area contributed by atoms with Crippen LogP contribution in [0.2, 0.25) is 0 Å². The fourth-order valence-electron chi connectivity index (χ4n) is 3.11. The van der Waals surface area contributed by atoms with E-state index in [4.69, 9.17) is 14.2 Å². The van der Waals surface area contributed by atoms with Crippen LogP contribution in [0.25, 0.3) is 0 Å². The molecule has 1 atom stereocenters. The molecule has 1 saturated heterocycles. The van der Waals surface area contributed by atoms with Gasteiger partial charge in [-0.05, 0) is 31.5 Å². The van der Waals surface area contributed by atoms with Crippen molar-refractivity contribution >= 4 is 5.91 Å². The summed E-state index contributed by atoms with van der Waals surface area (Å²) in [5, 5.41) is 0. The topological polar surface area (TPSA) is 48.0 Å². The summed E-state index contributed by atoms with van der Waals surface area (Å²) in [5.41, 5.74) is 0.693. The van der Waals surface area contributed by atoms with Crippen LogP contribution in [0.1, 0.15) is 25.5 Å². The molecular formula is C21H25NO4. The third-order valence-electron chi connectivity index (χ3n) is 4.61. The van der Waals surface area contributed by atoms with Crippen LogP contribution in [0.3, 0.4) is 0 Å². The van der Waals surface area contributed by atoms with Crippen LogP contribution in [0.4, 0.5) is 0 Å². The first-order valence-corrected chi connectivity index (χ1v) is 8.74. The molecule has 0 aromatic heterocycles. The van der Waals surface area contributed by atoms with Gasteiger partial charge in [0.2, 0.25) is 0 Å². The van der Waals surface area contributed by atoms with Gasteiger partial charge in [0.05, 0.1) is 25.8 Å². The highest BCUT2D eigenvalue weighted by molar-refractivity contribution is 5.79. The van der Waals surface area contributed by atoms with Gasteiger partial charge in [0.1, 0.15) is 6.10 Å². The number of carbonyl (C=O) groups excluding carboxylic acids is 1. The molecule has 0 bridgehead atoms. The van der Waals surface area contributed by atoms with Gasteiger partial charge in [-0.2, -0.15) is 0 Å². The molecule has 5 heteroatoms. The number of hydrogen-bond acceptors (Lipinski definition) is 4. The van der Waals surface area contributed by atoms with Gasteiger partial charge in [-0.15, -0.1) is 0 Å². The number of carbonyl (C=O) groups is 1. The number of methoxy groups -OCH3 is 1. The molecule has 0 N–H and O–H groups in total. The number of rotatable bonds is 5. The summed E-state index contributed by atoms with van der Waals surface area (Å²) in [6.07, 6.45) is -0.126. The van der Waals surface area contributed by atoms with E-state index in [2.05, 4.69) is 0 Å². The van der Waals surface area contributed by atoms with Crippen LogP contribution in [0.5, 0.6) is 11.5 Å². The predicted octanol–water partition coefficient (Wildman–Crippen LogP) is 3.45. The Hall–Kier alpha value is -2.53. The SMILES string of the molecule is COc1ccccc1OCC(=O)N1CC(c2ccccc2)OCC1(C)C. The molecule has 0 spiro atoms. The second kappa shape index (κ2) is 7.79. The van der Waals surface area contributed by atoms with Crippen molar-refractivity contribution in [3.8, 4) is 11.5 Å². The Bertz CT molecular complexity index is 745. The Morgan fingerprint density at radius 1 is 1.12 bits per heavy atom. The number of para-hydroxylation sites is 2. The zero-order valence-corrected chi connectivity index (χ0v) is 15.5. The van der Waals surface area contributed by atoms with Gasteiger partial charge in [-0.25, -0.2) is 0 Å². The Balaban J connectivity index is 1.69. The van der Waals surface area contributed by atoms with Crippen molar-refractivity contribution in [3.05, 3.63) is 60.2 Å². The molecular weight excluding hydrogens is 330 g/mol. The van der Waals surface area contributed by atoms with Crippen molar-refractivity contribution in [1.82, 2.24) is 4.90 Å². The molecule has 138 valence electrons. The summed E-state index contributed by atoms with van der Waals surface area (Å²) < 4.78 is 17.0. The summed E-state index contributed by atoms with van der Waals surface area (Å²) in [7, 11) is 1.58. The van der Waals surface area contributed by atoms with Crippen LogP contribution in [0, 0.1) is 0 Å². The summed E-state index contributed by atoms with van der Waals surface area (Å²) in [5.74, 6) is 1.11. The molecule has 26 heavy (non-hydrogen) atoms. The van der Waals surface area contributed by atoms with Gasteiger partial charge >= 0.3 is 0 Å². The van der Waals surface area contributed by atoms with E-state index in [1.807, 2.05) is 67.3 Å². The highest BCUT2D eigenvalue weighted by atomic mass is 16.5. The summed E-state index contributed by atoms with van der Waals surface area (Å²) in [6.45, 7) is 4.97. The lowest BCUT2D eigenvalue weighted by molar-refractivity contribution is -0.156. The third kappa shape index (κ3) is 3.99. The van der Waals surface area contributed by atoms with Crippen molar-refractivity contribution in [3.63, 3.8) is 0 Å². The fourth-order valence-corrected chi connectivity index (χ4v) is 3.11. The van der Waals surface area contributed by atoms with E-state index in [0.717, 1.165) is 5.56 Å². The second-order valence-corrected chi connectivity index (χ2v) is 6.97. The van der Waals surface area contributed by atoms with Crippen LogP contribution in [0.15, 0.2) is 54.6 Å². The molecule has 0 saturated carbocycles. The summed E-state index contributed by atoms with van der Waals surface area (Å²) in [6, 6.07) is 17.3. The molecule has 0 aliphatic carbocycles. The molecule has 2 aromatic rings. The molecule has 3 rings (SSSR count). The minimum absolute atomic E-state index is 0.0364. The maximum Gasteiger partial charge on any atom is 0.261 e. The average molecular weight is 355 g/mol. The summed E-state index contributed by atoms with van der Waals surface area (Å²) in [4.78, 5) is 14.7. The fraction of sp³-hybridized carbons (Fsp3) is 0.381. The molecule has 1 heterocycles. The lowest BCUT2D eigenvalue weighted by Gasteiger charge is -2.45. The van der Waals surface area contributed by atoms with E-state index in [9.17, 15) is 4.79 Å². The second-order valence-electron chi connectivity index (χ2n) is 6.97. The molecule has 0 radical (unpaired) electrons. The Morgan fingerprint density at radius 2 is 1.77 bits per heavy atom. The number of amides is 1. The molecule has 2 aromatic carbocycles. The highest BCUT2D eigenvalue weighted by Gasteiger charge is 2.38. The molecule has 1 amide bonds. The zero-order valence-electron chi connectivity index (χ0n) is 15.5. The largest absolute Gasteiger partial charge is 0.493 e. The van der Waals surface area contributed by atoms with Crippen LogP contribution in [-0.2, 0) is 9.53 Å². The molecule has 1 fully saturated rings. The quantitative estimate of drug-likeness (QED) is 0.824. The number of benzene rings is 2. The predicted molar refractivity (Wildman–Crippen MR) is 99.4 cm³/mol. The Morgan fingerprint density at radius 3 is 2.46 bits per heavy atom. The zero-order chi connectivity index (χ0) is 18.6. The number of morpholine rings is 1. The third-order valence-corrected chi connectivity index (χ3v) is 4.61. The van der Waals surface area contributed by atoms with Crippen molar-refractivity contribution in [2.45, 2.75) is 25.5 Å². The lowest BCUT2D eigenvalue weighted by Crippen LogP contribution is -2.57. The molecule has 5 nitrogen and oxygen atoms in total. The van der Waals surface area contributed by atoms with Crippen LogP contribution in [-0.4, -0.2) is 43.2 Å². The maximum absolute atomic E-state index is 12.9. The first-order valence-electron chi connectivity index (χ1n) is 8.74. The maximum atomic E-state index is 12.9. The van der Waals surface area contributed by atoms with Gasteiger partial charge in [-0.3, -0.25) is 4.79 Å². The molecule has 1 aliphatic heterocycles. The van der Waals surface area contributed by atoms with Gasteiger partial charge in [0.15, 0.2) is 18.1 Å².